The van der Waals surface area contributed by atoms with Gasteiger partial charge in [0.05, 0.1) is 16.0 Å². The molecule has 3 nitrogen and oxygen atoms in total. The van der Waals surface area contributed by atoms with Crippen LogP contribution in [0.5, 0.6) is 0 Å². The van der Waals surface area contributed by atoms with Crippen LogP contribution in [0.2, 0.25) is 5.02 Å². The molecule has 2 aromatic heterocycles. The smallest absolute Gasteiger partial charge is 0.235 e. The van der Waals surface area contributed by atoms with E-state index in [0.29, 0.717) is 10.8 Å². The minimum absolute atomic E-state index is 0.0101. The molecule has 2 heterocycles. The van der Waals surface area contributed by atoms with Gasteiger partial charge in [-0.3, -0.25) is 4.79 Å². The van der Waals surface area contributed by atoms with E-state index in [1.807, 2.05) is 36.4 Å². The monoisotopic (exact) mass is 470 g/mol. The highest BCUT2D eigenvalue weighted by molar-refractivity contribution is 8.00. The molecule has 0 saturated heterocycles. The van der Waals surface area contributed by atoms with E-state index in [1.54, 1.807) is 22.7 Å². The molecule has 152 valence electrons. The number of aryl methyl sites for hydroxylation is 1. The lowest BCUT2D eigenvalue weighted by Gasteiger charge is -2.11. The fourth-order valence-electron chi connectivity index (χ4n) is 3.70. The number of thioether (sulfide) groups is 1. The number of fused-ring (bicyclic) bond motifs is 2. The summed E-state index contributed by atoms with van der Waals surface area (Å²) in [5.74, 6) is 0.375. The average molecular weight is 471 g/mol. The molecule has 0 saturated carbocycles. The van der Waals surface area contributed by atoms with E-state index in [0.717, 1.165) is 38.8 Å². The van der Waals surface area contributed by atoms with Crippen molar-refractivity contribution in [1.29, 1.82) is 0 Å². The Balaban J connectivity index is 1.42. The minimum Gasteiger partial charge on any atom is -0.316 e. The van der Waals surface area contributed by atoms with E-state index in [1.165, 1.54) is 39.7 Å². The van der Waals surface area contributed by atoms with E-state index in [4.69, 9.17) is 16.6 Å². The number of thiophene rings is 1. The second-order valence-corrected chi connectivity index (χ2v) is 10.8. The van der Waals surface area contributed by atoms with Gasteiger partial charge < -0.3 is 5.32 Å². The molecular formula is C23H19ClN2OS3. The number of nitrogens with one attached hydrogen (secondary N) is 1. The molecule has 1 aliphatic carbocycles. The summed E-state index contributed by atoms with van der Waals surface area (Å²) in [5, 5.41) is 5.85. The highest BCUT2D eigenvalue weighted by Crippen LogP contribution is 2.46. The number of nitrogens with zero attached hydrogens (tertiary/aromatic N) is 1. The highest BCUT2D eigenvalue weighted by Gasteiger charge is 2.25. The van der Waals surface area contributed by atoms with Crippen LogP contribution in [0, 0.1) is 0 Å². The number of hydrogen-bond acceptors (Lipinski definition) is 5. The Labute approximate surface area is 192 Å². The second kappa shape index (κ2) is 8.71. The highest BCUT2D eigenvalue weighted by atomic mass is 35.5. The zero-order valence-corrected chi connectivity index (χ0v) is 19.3. The van der Waals surface area contributed by atoms with E-state index >= 15 is 0 Å². The van der Waals surface area contributed by atoms with Gasteiger partial charge in [0.15, 0.2) is 0 Å². The van der Waals surface area contributed by atoms with Crippen LogP contribution in [0.25, 0.3) is 20.8 Å². The molecule has 30 heavy (non-hydrogen) atoms. The van der Waals surface area contributed by atoms with Crippen molar-refractivity contribution in [3.63, 3.8) is 0 Å². The summed E-state index contributed by atoms with van der Waals surface area (Å²) >= 11 is 10.9. The number of carbonyl (C=O) groups excluding carboxylic acids is 1. The molecule has 5 rings (SSSR count). The van der Waals surface area contributed by atoms with Crippen LogP contribution in [0.3, 0.4) is 0 Å². The van der Waals surface area contributed by atoms with Gasteiger partial charge in [0.1, 0.15) is 10.0 Å². The normalized spacial score (nSPS) is 13.4. The fourth-order valence-corrected chi connectivity index (χ4v) is 6.94. The maximum atomic E-state index is 12.8. The first kappa shape index (κ1) is 20.1. The predicted octanol–water partition coefficient (Wildman–Crippen LogP) is 7.29. The summed E-state index contributed by atoms with van der Waals surface area (Å²) in [6.07, 6.45) is 4.56. The first-order valence-corrected chi connectivity index (χ1v) is 12.9. The number of para-hydroxylation sites is 1. The van der Waals surface area contributed by atoms with Crippen molar-refractivity contribution in [3.8, 4) is 10.6 Å². The second-order valence-electron chi connectivity index (χ2n) is 7.19. The summed E-state index contributed by atoms with van der Waals surface area (Å²) in [6.45, 7) is 0. The summed E-state index contributed by atoms with van der Waals surface area (Å²) in [7, 11) is 0. The van der Waals surface area contributed by atoms with E-state index < -0.39 is 0 Å². The topological polar surface area (TPSA) is 42.0 Å². The zero-order valence-electron chi connectivity index (χ0n) is 16.1. The number of hydrogen-bond donors (Lipinski definition) is 1. The van der Waals surface area contributed by atoms with Gasteiger partial charge in [0, 0.05) is 20.4 Å². The Bertz CT molecular complexity index is 1180. The molecule has 1 N–H and O–H groups in total. The maximum absolute atomic E-state index is 12.8. The van der Waals surface area contributed by atoms with Crippen molar-refractivity contribution in [2.45, 2.75) is 30.6 Å². The molecular weight excluding hydrogens is 452 g/mol. The van der Waals surface area contributed by atoms with Crippen molar-refractivity contribution in [3.05, 3.63) is 64.0 Å². The van der Waals surface area contributed by atoms with Gasteiger partial charge in [0.25, 0.3) is 0 Å². The number of thiazole rings is 1. The lowest BCUT2D eigenvalue weighted by atomic mass is 9.96. The summed E-state index contributed by atoms with van der Waals surface area (Å²) in [5.41, 5.74) is 3.54. The Morgan fingerprint density at radius 2 is 1.87 bits per heavy atom. The molecule has 1 aliphatic rings. The van der Waals surface area contributed by atoms with Crippen LogP contribution >= 0.6 is 46.0 Å². The van der Waals surface area contributed by atoms with E-state index in [-0.39, 0.29) is 5.91 Å². The van der Waals surface area contributed by atoms with Crippen LogP contribution in [0.4, 0.5) is 5.00 Å². The molecule has 0 atom stereocenters. The SMILES string of the molecule is O=C(CSc1ccc(Cl)cc1)Nc1sc2c(c1-c1nc3ccccc3s1)CCCC2. The largest absolute Gasteiger partial charge is 0.316 e. The molecule has 0 fully saturated rings. The number of halogens is 1. The van der Waals surface area contributed by atoms with Crippen molar-refractivity contribution in [2.75, 3.05) is 11.1 Å². The van der Waals surface area contributed by atoms with Crippen LogP contribution in [0.1, 0.15) is 23.3 Å². The fraction of sp³-hybridized carbons (Fsp3) is 0.217. The van der Waals surface area contributed by atoms with Crippen LogP contribution in [0.15, 0.2) is 53.4 Å². The Morgan fingerprint density at radius 1 is 1.07 bits per heavy atom. The third-order valence-corrected chi connectivity index (χ3v) is 8.64. The van der Waals surface area contributed by atoms with Gasteiger partial charge in [-0.1, -0.05) is 23.7 Å². The number of anilines is 1. The molecule has 0 aliphatic heterocycles. The Morgan fingerprint density at radius 3 is 2.70 bits per heavy atom. The first-order valence-electron chi connectivity index (χ1n) is 9.86. The van der Waals surface area contributed by atoms with Crippen molar-refractivity contribution >= 4 is 67.2 Å². The summed E-state index contributed by atoms with van der Waals surface area (Å²) in [4.78, 5) is 20.1. The maximum Gasteiger partial charge on any atom is 0.235 e. The number of benzene rings is 2. The zero-order chi connectivity index (χ0) is 20.5. The number of rotatable bonds is 5. The molecule has 2 aromatic carbocycles. The number of amides is 1. The summed E-state index contributed by atoms with van der Waals surface area (Å²) < 4.78 is 1.18. The number of carbonyl (C=O) groups is 1. The van der Waals surface area contributed by atoms with Crippen molar-refractivity contribution < 1.29 is 4.79 Å². The Hall–Kier alpha value is -1.86. The van der Waals surface area contributed by atoms with Gasteiger partial charge in [-0.2, -0.15) is 0 Å². The minimum atomic E-state index is 0.0101. The Kier molecular flexibility index (Phi) is 5.83. The predicted molar refractivity (Wildman–Crippen MR) is 130 cm³/mol. The molecule has 0 bridgehead atoms. The molecule has 7 heteroatoms. The lowest BCUT2D eigenvalue weighted by Crippen LogP contribution is -2.13. The van der Waals surface area contributed by atoms with Crippen LogP contribution in [-0.2, 0) is 17.6 Å². The van der Waals surface area contributed by atoms with Gasteiger partial charge in [-0.25, -0.2) is 4.98 Å². The van der Waals surface area contributed by atoms with Crippen LogP contribution < -0.4 is 5.32 Å². The standard InChI is InChI=1S/C23H19ClN2OS3/c24-14-9-11-15(12-10-14)28-13-20(27)26-23-21(16-5-1-3-7-18(16)29-23)22-25-17-6-2-4-8-19(17)30-22/h2,4,6,8-12H,1,3,5,7,13H2,(H,26,27). The molecule has 0 spiro atoms. The number of aromatic nitrogens is 1. The first-order chi connectivity index (χ1) is 14.7. The molecule has 1 amide bonds. The van der Waals surface area contributed by atoms with Crippen LogP contribution in [-0.4, -0.2) is 16.6 Å². The third kappa shape index (κ3) is 4.14. The molecule has 4 aromatic rings. The summed E-state index contributed by atoms with van der Waals surface area (Å²) in [6, 6.07) is 15.8. The van der Waals surface area contributed by atoms with E-state index in [2.05, 4.69) is 17.4 Å². The van der Waals surface area contributed by atoms with Gasteiger partial charge >= 0.3 is 0 Å². The van der Waals surface area contributed by atoms with Crippen molar-refractivity contribution in [2.24, 2.45) is 0 Å². The van der Waals surface area contributed by atoms with Crippen molar-refractivity contribution in [1.82, 2.24) is 4.98 Å². The lowest BCUT2D eigenvalue weighted by molar-refractivity contribution is -0.113. The van der Waals surface area contributed by atoms with Gasteiger partial charge in [0.2, 0.25) is 5.91 Å². The average Bonchev–Trinajstić information content (AvgIpc) is 3.33. The van der Waals surface area contributed by atoms with Gasteiger partial charge in [-0.15, -0.1) is 34.4 Å². The van der Waals surface area contributed by atoms with E-state index in [9.17, 15) is 4.79 Å². The quantitative estimate of drug-likeness (QED) is 0.311. The molecule has 0 unspecified atom stereocenters. The molecule has 0 radical (unpaired) electrons. The van der Waals surface area contributed by atoms with Gasteiger partial charge in [-0.05, 0) is 67.6 Å². The third-order valence-electron chi connectivity index (χ3n) is 5.12.